The first kappa shape index (κ1) is 14.4. The predicted octanol–water partition coefficient (Wildman–Crippen LogP) is -0.0512. The van der Waals surface area contributed by atoms with Gasteiger partial charge in [-0.1, -0.05) is 6.92 Å². The quantitative estimate of drug-likeness (QED) is 0.812. The molecule has 0 atom stereocenters. The van der Waals surface area contributed by atoms with Gasteiger partial charge < -0.3 is 10.0 Å². The fourth-order valence-electron chi connectivity index (χ4n) is 2.23. The van der Waals surface area contributed by atoms with Crippen molar-refractivity contribution in [3.8, 4) is 0 Å². The van der Waals surface area contributed by atoms with E-state index >= 15 is 0 Å². The average molecular weight is 281 g/mol. The Morgan fingerprint density at radius 1 is 1.35 bits per heavy atom. The lowest BCUT2D eigenvalue weighted by Gasteiger charge is -2.30. The Kier molecular flexibility index (Phi) is 4.65. The Balaban J connectivity index is 1.91. The van der Waals surface area contributed by atoms with Crippen LogP contribution in [0.1, 0.15) is 32.0 Å². The van der Waals surface area contributed by atoms with Crippen LogP contribution in [0.15, 0.2) is 0 Å². The number of hydrogen-bond acceptors (Lipinski definition) is 5. The summed E-state index contributed by atoms with van der Waals surface area (Å²) in [6.07, 6.45) is 2.23. The molecule has 8 heteroatoms. The van der Waals surface area contributed by atoms with Crippen molar-refractivity contribution in [1.29, 1.82) is 0 Å². The normalized spacial score (nSPS) is 16.4. The summed E-state index contributed by atoms with van der Waals surface area (Å²) in [7, 11) is 0. The fraction of sp³-hybridized carbons (Fsp3) is 0.750. The third-order valence-electron chi connectivity index (χ3n) is 3.59. The molecular formula is C12H19N5O3. The molecule has 0 unspecified atom stereocenters. The number of piperidine rings is 1. The van der Waals surface area contributed by atoms with Crippen molar-refractivity contribution in [2.24, 2.45) is 5.92 Å². The van der Waals surface area contributed by atoms with E-state index < -0.39 is 5.97 Å². The van der Waals surface area contributed by atoms with Gasteiger partial charge in [0.25, 0.3) is 0 Å². The van der Waals surface area contributed by atoms with Gasteiger partial charge in [0.05, 0.1) is 6.42 Å². The highest BCUT2D eigenvalue weighted by Crippen LogP contribution is 2.16. The maximum Gasteiger partial charge on any atom is 0.303 e. The van der Waals surface area contributed by atoms with E-state index in [0.717, 1.165) is 25.9 Å². The summed E-state index contributed by atoms with van der Waals surface area (Å²) >= 11 is 0. The van der Waals surface area contributed by atoms with E-state index in [4.69, 9.17) is 5.11 Å². The molecule has 1 N–H and O–H groups in total. The lowest BCUT2D eigenvalue weighted by atomic mass is 9.99. The second-order valence-corrected chi connectivity index (χ2v) is 5.21. The highest BCUT2D eigenvalue weighted by Gasteiger charge is 2.21. The molecule has 1 fully saturated rings. The summed E-state index contributed by atoms with van der Waals surface area (Å²) in [5, 5.41) is 19.7. The number of likely N-dealkylation sites (tertiary alicyclic amines) is 1. The minimum atomic E-state index is -0.907. The van der Waals surface area contributed by atoms with Gasteiger partial charge in [-0.3, -0.25) is 9.59 Å². The zero-order chi connectivity index (χ0) is 14.5. The van der Waals surface area contributed by atoms with Gasteiger partial charge in [0.1, 0.15) is 6.54 Å². The maximum atomic E-state index is 12.2. The lowest BCUT2D eigenvalue weighted by molar-refractivity contribution is -0.137. The van der Waals surface area contributed by atoms with Crippen LogP contribution in [-0.4, -0.2) is 55.2 Å². The van der Waals surface area contributed by atoms with Gasteiger partial charge in [0.15, 0.2) is 5.82 Å². The number of rotatable bonds is 5. The van der Waals surface area contributed by atoms with Gasteiger partial charge in [-0.2, -0.15) is 0 Å². The molecule has 0 spiro atoms. The van der Waals surface area contributed by atoms with Gasteiger partial charge in [-0.25, -0.2) is 4.68 Å². The number of nitrogens with zero attached hydrogens (tertiary/aromatic N) is 5. The minimum Gasteiger partial charge on any atom is -0.481 e. The van der Waals surface area contributed by atoms with E-state index in [9.17, 15) is 9.59 Å². The van der Waals surface area contributed by atoms with E-state index in [1.54, 1.807) is 0 Å². The van der Waals surface area contributed by atoms with Gasteiger partial charge in [-0.05, 0) is 29.2 Å². The molecule has 0 radical (unpaired) electrons. The first-order valence-corrected chi connectivity index (χ1v) is 6.81. The molecule has 8 nitrogen and oxygen atoms in total. The summed E-state index contributed by atoms with van der Waals surface area (Å²) < 4.78 is 1.39. The Hall–Kier alpha value is -1.99. The van der Waals surface area contributed by atoms with E-state index in [-0.39, 0.29) is 25.3 Å². The van der Waals surface area contributed by atoms with Crippen molar-refractivity contribution in [2.45, 2.75) is 39.2 Å². The molecule has 1 amide bonds. The van der Waals surface area contributed by atoms with Crippen LogP contribution in [0.25, 0.3) is 0 Å². The largest absolute Gasteiger partial charge is 0.481 e. The zero-order valence-corrected chi connectivity index (χ0v) is 11.5. The van der Waals surface area contributed by atoms with Crippen LogP contribution >= 0.6 is 0 Å². The number of carbonyl (C=O) groups is 2. The Bertz CT molecular complexity index is 479. The standard InChI is InChI=1S/C12H19N5O3/c1-9-4-6-16(7-5-9)11(18)8-17-10(13-14-15-17)2-3-12(19)20/h9H,2-8H2,1H3,(H,19,20). The van der Waals surface area contributed by atoms with Crippen LogP contribution in [0.5, 0.6) is 0 Å². The molecule has 0 aromatic carbocycles. The van der Waals surface area contributed by atoms with Crippen molar-refractivity contribution in [2.75, 3.05) is 13.1 Å². The first-order chi connectivity index (χ1) is 9.56. The van der Waals surface area contributed by atoms with Crippen LogP contribution in [0.3, 0.4) is 0 Å². The van der Waals surface area contributed by atoms with Crippen molar-refractivity contribution in [3.63, 3.8) is 0 Å². The van der Waals surface area contributed by atoms with Crippen LogP contribution in [0, 0.1) is 5.92 Å². The van der Waals surface area contributed by atoms with E-state index in [1.165, 1.54) is 4.68 Å². The molecule has 1 aliphatic heterocycles. The van der Waals surface area contributed by atoms with E-state index in [2.05, 4.69) is 22.4 Å². The number of hydrogen-bond donors (Lipinski definition) is 1. The predicted molar refractivity (Wildman–Crippen MR) is 68.8 cm³/mol. The van der Waals surface area contributed by atoms with Crippen molar-refractivity contribution in [3.05, 3.63) is 5.82 Å². The highest BCUT2D eigenvalue weighted by atomic mass is 16.4. The third-order valence-corrected chi connectivity index (χ3v) is 3.59. The fourth-order valence-corrected chi connectivity index (χ4v) is 2.23. The summed E-state index contributed by atoms with van der Waals surface area (Å²) in [6.45, 7) is 3.81. The monoisotopic (exact) mass is 281 g/mol. The molecule has 2 heterocycles. The molecule has 0 aliphatic carbocycles. The number of tetrazole rings is 1. The van der Waals surface area contributed by atoms with E-state index in [0.29, 0.717) is 11.7 Å². The van der Waals surface area contributed by atoms with Crippen LogP contribution in [-0.2, 0) is 22.6 Å². The molecule has 1 saturated heterocycles. The highest BCUT2D eigenvalue weighted by molar-refractivity contribution is 5.76. The number of aliphatic carboxylic acids is 1. The molecule has 20 heavy (non-hydrogen) atoms. The average Bonchev–Trinajstić information content (AvgIpc) is 2.84. The number of carboxylic acid groups (broad SMARTS) is 1. The maximum absolute atomic E-state index is 12.2. The molecular weight excluding hydrogens is 262 g/mol. The first-order valence-electron chi connectivity index (χ1n) is 6.81. The molecule has 1 aromatic heterocycles. The zero-order valence-electron chi connectivity index (χ0n) is 11.5. The number of amides is 1. The van der Waals surface area contributed by atoms with Crippen molar-refractivity contribution < 1.29 is 14.7 Å². The van der Waals surface area contributed by atoms with Crippen molar-refractivity contribution >= 4 is 11.9 Å². The molecule has 110 valence electrons. The number of aryl methyl sites for hydroxylation is 1. The third kappa shape index (κ3) is 3.75. The summed E-state index contributed by atoms with van der Waals surface area (Å²) in [4.78, 5) is 24.5. The number of carbonyl (C=O) groups excluding carboxylic acids is 1. The second-order valence-electron chi connectivity index (χ2n) is 5.21. The Labute approximate surface area is 116 Å². The van der Waals surface area contributed by atoms with Gasteiger partial charge in [-0.15, -0.1) is 5.10 Å². The number of carboxylic acids is 1. The van der Waals surface area contributed by atoms with Crippen LogP contribution < -0.4 is 0 Å². The Morgan fingerprint density at radius 2 is 2.05 bits per heavy atom. The van der Waals surface area contributed by atoms with E-state index in [1.807, 2.05) is 4.90 Å². The number of aromatic nitrogens is 4. The molecule has 0 saturated carbocycles. The smallest absolute Gasteiger partial charge is 0.303 e. The molecule has 1 aliphatic rings. The summed E-state index contributed by atoms with van der Waals surface area (Å²) in [5.74, 6) is 0.181. The van der Waals surface area contributed by atoms with Gasteiger partial charge >= 0.3 is 5.97 Å². The minimum absolute atomic E-state index is 0.0132. The Morgan fingerprint density at radius 3 is 2.70 bits per heavy atom. The van der Waals surface area contributed by atoms with Crippen LogP contribution in [0.2, 0.25) is 0 Å². The summed E-state index contributed by atoms with van der Waals surface area (Å²) in [5.41, 5.74) is 0. The molecule has 2 rings (SSSR count). The molecule has 1 aromatic rings. The van der Waals surface area contributed by atoms with Gasteiger partial charge in [0.2, 0.25) is 5.91 Å². The molecule has 0 bridgehead atoms. The van der Waals surface area contributed by atoms with Crippen molar-refractivity contribution in [1.82, 2.24) is 25.1 Å². The second kappa shape index (κ2) is 6.44. The lowest BCUT2D eigenvalue weighted by Crippen LogP contribution is -2.40. The van der Waals surface area contributed by atoms with Crippen LogP contribution in [0.4, 0.5) is 0 Å². The SMILES string of the molecule is CC1CCN(C(=O)Cn2nnnc2CCC(=O)O)CC1. The summed E-state index contributed by atoms with van der Waals surface area (Å²) in [6, 6.07) is 0. The topological polar surface area (TPSA) is 101 Å². The van der Waals surface area contributed by atoms with Gasteiger partial charge in [0, 0.05) is 19.5 Å².